The Morgan fingerprint density at radius 2 is 1.69 bits per heavy atom. The summed E-state index contributed by atoms with van der Waals surface area (Å²) < 4.78 is 0. The topological polar surface area (TPSA) is 85.8 Å². The summed E-state index contributed by atoms with van der Waals surface area (Å²) in [7, 11) is 0. The first kappa shape index (κ1) is 27.5. The lowest BCUT2D eigenvalue weighted by Crippen LogP contribution is -2.40. The molecule has 0 spiro atoms. The Morgan fingerprint density at radius 1 is 1.03 bits per heavy atom. The third-order valence-electron chi connectivity index (χ3n) is 4.05. The molecule has 0 radical (unpaired) electrons. The van der Waals surface area contributed by atoms with Crippen molar-refractivity contribution in [1.29, 1.82) is 0 Å². The van der Waals surface area contributed by atoms with Crippen LogP contribution in [0, 0.1) is 0 Å². The lowest BCUT2D eigenvalue weighted by atomic mass is 10.2. The average Bonchev–Trinajstić information content (AvgIpc) is 2.68. The maximum absolute atomic E-state index is 12.0. The molecule has 0 aromatic heterocycles. The number of aliphatic imine (C=N–C) groups is 1. The minimum atomic E-state index is -0.0553. The molecular weight excluding hydrogens is 505 g/mol. The first-order valence-electron chi connectivity index (χ1n) is 9.85. The molecule has 0 saturated heterocycles. The van der Waals surface area contributed by atoms with Crippen molar-refractivity contribution < 1.29 is 9.59 Å². The zero-order valence-corrected chi connectivity index (χ0v) is 20.5. The highest BCUT2D eigenvalue weighted by molar-refractivity contribution is 14.0. The number of anilines is 1. The summed E-state index contributed by atoms with van der Waals surface area (Å²) in [4.78, 5) is 30.3. The number of rotatable bonds is 11. The van der Waals surface area contributed by atoms with Crippen molar-refractivity contribution in [1.82, 2.24) is 15.5 Å². The van der Waals surface area contributed by atoms with E-state index >= 15 is 0 Å². The summed E-state index contributed by atoms with van der Waals surface area (Å²) in [5.74, 6) is 0.737. The Hall–Kier alpha value is -1.55. The molecule has 0 atom stereocenters. The van der Waals surface area contributed by atoms with Crippen molar-refractivity contribution in [3.8, 4) is 0 Å². The summed E-state index contributed by atoms with van der Waals surface area (Å²) in [6, 6.07) is 7.01. The van der Waals surface area contributed by atoms with Gasteiger partial charge in [0.15, 0.2) is 5.96 Å². The van der Waals surface area contributed by atoms with Crippen LogP contribution in [0.15, 0.2) is 29.3 Å². The van der Waals surface area contributed by atoms with Gasteiger partial charge in [0.25, 0.3) is 0 Å². The fourth-order valence-corrected chi connectivity index (χ4v) is 2.68. The molecule has 29 heavy (non-hydrogen) atoms. The molecule has 0 unspecified atom stereocenters. The molecule has 3 N–H and O–H groups in total. The van der Waals surface area contributed by atoms with Gasteiger partial charge in [-0.3, -0.25) is 14.6 Å². The standard InChI is InChI=1S/C20H32ClN5O2.HI/c1-4-22-20(24-15-13-19(28)26(5-2)6-3)23-14-7-8-18(27)25-17-11-9-16(21)10-12-17;/h9-12H,4-8,13-15H2,1-3H3,(H,25,27)(H2,22,23,24);1H. The Labute approximate surface area is 196 Å². The van der Waals surface area contributed by atoms with E-state index in [1.54, 1.807) is 24.3 Å². The second-order valence-electron chi connectivity index (χ2n) is 6.16. The zero-order valence-electron chi connectivity index (χ0n) is 17.5. The van der Waals surface area contributed by atoms with Crippen LogP contribution in [-0.4, -0.2) is 55.4 Å². The van der Waals surface area contributed by atoms with Crippen molar-refractivity contribution in [2.24, 2.45) is 4.99 Å². The van der Waals surface area contributed by atoms with Gasteiger partial charge in [-0.25, -0.2) is 0 Å². The molecule has 0 heterocycles. The van der Waals surface area contributed by atoms with E-state index in [1.807, 2.05) is 25.7 Å². The highest BCUT2D eigenvalue weighted by atomic mass is 127. The number of guanidine groups is 1. The molecule has 7 nitrogen and oxygen atoms in total. The van der Waals surface area contributed by atoms with Crippen molar-refractivity contribution in [2.75, 3.05) is 38.0 Å². The van der Waals surface area contributed by atoms with E-state index in [1.165, 1.54) is 0 Å². The minimum absolute atomic E-state index is 0. The van der Waals surface area contributed by atoms with E-state index in [2.05, 4.69) is 20.9 Å². The minimum Gasteiger partial charge on any atom is -0.357 e. The zero-order chi connectivity index (χ0) is 20.8. The number of hydrogen-bond acceptors (Lipinski definition) is 3. The Bertz CT molecular complexity index is 636. The van der Waals surface area contributed by atoms with Crippen LogP contribution in [0.25, 0.3) is 0 Å². The molecule has 0 aliphatic heterocycles. The third-order valence-corrected chi connectivity index (χ3v) is 4.30. The Balaban J connectivity index is 0.00000784. The average molecular weight is 538 g/mol. The molecule has 2 amide bonds. The second-order valence-corrected chi connectivity index (χ2v) is 6.60. The van der Waals surface area contributed by atoms with E-state index in [9.17, 15) is 9.59 Å². The van der Waals surface area contributed by atoms with E-state index in [4.69, 9.17) is 11.6 Å². The van der Waals surface area contributed by atoms with Crippen LogP contribution in [0.1, 0.15) is 40.0 Å². The van der Waals surface area contributed by atoms with E-state index in [0.29, 0.717) is 43.3 Å². The van der Waals surface area contributed by atoms with Gasteiger partial charge in [0.05, 0.1) is 0 Å². The van der Waals surface area contributed by atoms with Gasteiger partial charge in [-0.2, -0.15) is 0 Å². The largest absolute Gasteiger partial charge is 0.357 e. The maximum atomic E-state index is 12.0. The number of nitrogens with one attached hydrogen (secondary N) is 3. The van der Waals surface area contributed by atoms with Gasteiger partial charge in [0.2, 0.25) is 11.8 Å². The van der Waals surface area contributed by atoms with Crippen LogP contribution in [0.5, 0.6) is 0 Å². The highest BCUT2D eigenvalue weighted by Crippen LogP contribution is 2.13. The summed E-state index contributed by atoms with van der Waals surface area (Å²) in [6.07, 6.45) is 1.44. The van der Waals surface area contributed by atoms with E-state index in [0.717, 1.165) is 25.3 Å². The van der Waals surface area contributed by atoms with Crippen molar-refractivity contribution in [3.63, 3.8) is 0 Å². The number of carbonyl (C=O) groups is 2. The molecule has 1 aromatic rings. The smallest absolute Gasteiger partial charge is 0.224 e. The Morgan fingerprint density at radius 3 is 2.28 bits per heavy atom. The van der Waals surface area contributed by atoms with Crippen molar-refractivity contribution in [2.45, 2.75) is 40.0 Å². The Kier molecular flexibility index (Phi) is 15.4. The molecular formula is C20H33ClIN5O2. The normalized spacial score (nSPS) is 10.7. The van der Waals surface area contributed by atoms with Gasteiger partial charge in [0.1, 0.15) is 0 Å². The quantitative estimate of drug-likeness (QED) is 0.175. The number of halogens is 2. The molecule has 1 rings (SSSR count). The van der Waals surface area contributed by atoms with E-state index in [-0.39, 0.29) is 35.8 Å². The summed E-state index contributed by atoms with van der Waals surface area (Å²) in [5.41, 5.74) is 0.728. The predicted molar refractivity (Wildman–Crippen MR) is 131 cm³/mol. The monoisotopic (exact) mass is 537 g/mol. The van der Waals surface area contributed by atoms with Gasteiger partial charge < -0.3 is 20.9 Å². The third kappa shape index (κ3) is 11.9. The highest BCUT2D eigenvalue weighted by Gasteiger charge is 2.09. The van der Waals surface area contributed by atoms with Gasteiger partial charge in [0, 0.05) is 56.3 Å². The van der Waals surface area contributed by atoms with E-state index < -0.39 is 0 Å². The van der Waals surface area contributed by atoms with Crippen molar-refractivity contribution in [3.05, 3.63) is 29.3 Å². The fraction of sp³-hybridized carbons (Fsp3) is 0.550. The fourth-order valence-electron chi connectivity index (χ4n) is 2.55. The molecule has 9 heteroatoms. The van der Waals surface area contributed by atoms with Crippen LogP contribution in [0.2, 0.25) is 5.02 Å². The molecule has 0 aliphatic rings. The molecule has 0 aliphatic carbocycles. The predicted octanol–water partition coefficient (Wildman–Crippen LogP) is 3.49. The molecule has 0 bridgehead atoms. The lowest BCUT2D eigenvalue weighted by molar-refractivity contribution is -0.130. The van der Waals surface area contributed by atoms with Crippen LogP contribution in [0.3, 0.4) is 0 Å². The summed E-state index contributed by atoms with van der Waals surface area (Å²) in [5, 5.41) is 9.78. The van der Waals surface area contributed by atoms with Gasteiger partial charge in [-0.05, 0) is 51.5 Å². The van der Waals surface area contributed by atoms with Crippen molar-refractivity contribution >= 4 is 59.0 Å². The van der Waals surface area contributed by atoms with Crippen LogP contribution in [0.4, 0.5) is 5.69 Å². The second kappa shape index (κ2) is 16.3. The van der Waals surface area contributed by atoms with Crippen LogP contribution >= 0.6 is 35.6 Å². The molecule has 0 saturated carbocycles. The molecule has 164 valence electrons. The number of nitrogens with zero attached hydrogens (tertiary/aromatic N) is 2. The van der Waals surface area contributed by atoms with Crippen LogP contribution < -0.4 is 16.0 Å². The van der Waals surface area contributed by atoms with Gasteiger partial charge in [-0.1, -0.05) is 11.6 Å². The summed E-state index contributed by atoms with van der Waals surface area (Å²) in [6.45, 7) is 9.16. The maximum Gasteiger partial charge on any atom is 0.224 e. The number of amides is 2. The van der Waals surface area contributed by atoms with Gasteiger partial charge in [-0.15, -0.1) is 24.0 Å². The van der Waals surface area contributed by atoms with Gasteiger partial charge >= 0.3 is 0 Å². The molecule has 0 fully saturated rings. The summed E-state index contributed by atoms with van der Waals surface area (Å²) >= 11 is 5.83. The number of carbonyl (C=O) groups excluding carboxylic acids is 2. The van der Waals surface area contributed by atoms with Crippen LogP contribution in [-0.2, 0) is 9.59 Å². The lowest BCUT2D eigenvalue weighted by Gasteiger charge is -2.19. The molecule has 1 aromatic carbocycles. The number of hydrogen-bond donors (Lipinski definition) is 3. The number of benzene rings is 1. The SMILES string of the molecule is CCNC(=NCCCC(=O)Nc1ccc(Cl)cc1)NCCC(=O)N(CC)CC.I. The first-order valence-corrected chi connectivity index (χ1v) is 10.2. The first-order chi connectivity index (χ1) is 13.5.